The van der Waals surface area contributed by atoms with Crippen LogP contribution in [-0.2, 0) is 54.3 Å². The summed E-state index contributed by atoms with van der Waals surface area (Å²) in [5.74, 6) is 0. The molecule has 0 aliphatic heterocycles. The van der Waals surface area contributed by atoms with Crippen molar-refractivity contribution in [1.29, 1.82) is 0 Å². The van der Waals surface area contributed by atoms with Crippen molar-refractivity contribution in [2.75, 3.05) is 0 Å². The molecular formula is CeCoMoNi. The van der Waals surface area contributed by atoms with Crippen LogP contribution < -0.4 is 0 Å². The molecule has 0 saturated heterocycles. The summed E-state index contributed by atoms with van der Waals surface area (Å²) in [6.45, 7) is 0. The minimum atomic E-state index is 0. The maximum Gasteiger partial charge on any atom is 0 e. The predicted molar refractivity (Wildman–Crippen MR) is 0 cm³/mol. The van der Waals surface area contributed by atoms with Gasteiger partial charge in [0, 0.05) is 96.1 Å². The van der Waals surface area contributed by atoms with Crippen LogP contribution in [0.15, 0.2) is 0 Å². The Morgan fingerprint density at radius 1 is 1.00 bits per heavy atom. The second kappa shape index (κ2) is 16.6. The fourth-order valence-corrected chi connectivity index (χ4v) is 0. The van der Waals surface area contributed by atoms with Crippen LogP contribution in [0.25, 0.3) is 0 Å². The Hall–Kier alpha value is 3.06. The number of hydrogen-bond donors (Lipinski definition) is 0. The molecule has 4 heteroatoms. The van der Waals surface area contributed by atoms with E-state index in [0.717, 1.165) is 0 Å². The van der Waals surface area contributed by atoms with E-state index in [2.05, 4.69) is 0 Å². The first kappa shape index (κ1) is 27.7. The maximum atomic E-state index is 0. The average molecular weight is 354 g/mol. The SMILES string of the molecule is [Ce].[Co].[Mo].[Ni]. The van der Waals surface area contributed by atoms with Crippen LogP contribution in [0.5, 0.6) is 0 Å². The van der Waals surface area contributed by atoms with Gasteiger partial charge in [0.25, 0.3) is 0 Å². The zero-order valence-corrected chi connectivity index (χ0v) is 8.73. The Kier molecular flexibility index (Phi) is 115. The van der Waals surface area contributed by atoms with Crippen molar-refractivity contribution in [3.05, 3.63) is 0 Å². The zero-order valence-electron chi connectivity index (χ0n) is 1.56. The third-order valence-corrected chi connectivity index (χ3v) is 0. The van der Waals surface area contributed by atoms with Crippen molar-refractivity contribution < 1.29 is 96.1 Å². The van der Waals surface area contributed by atoms with Crippen LogP contribution in [0, 0.1) is 41.7 Å². The molecule has 0 aliphatic rings. The number of rotatable bonds is 0. The van der Waals surface area contributed by atoms with Gasteiger partial charge in [0.05, 0.1) is 0 Å². The van der Waals surface area contributed by atoms with Gasteiger partial charge < -0.3 is 0 Å². The van der Waals surface area contributed by atoms with Gasteiger partial charge in [0.1, 0.15) is 0 Å². The summed E-state index contributed by atoms with van der Waals surface area (Å²) in [4.78, 5) is 0. The van der Waals surface area contributed by atoms with Gasteiger partial charge in [-0.2, -0.15) is 0 Å². The largest absolute Gasteiger partial charge is 0 e. The first-order valence-electron chi connectivity index (χ1n) is 0. The molecule has 0 heterocycles. The number of hydrogen-bond acceptors (Lipinski definition) is 0. The van der Waals surface area contributed by atoms with E-state index >= 15 is 0 Å². The van der Waals surface area contributed by atoms with E-state index in [1.54, 1.807) is 0 Å². The summed E-state index contributed by atoms with van der Waals surface area (Å²) in [5, 5.41) is 0. The molecule has 0 aromatic carbocycles. The van der Waals surface area contributed by atoms with Crippen molar-refractivity contribution >= 4 is 0 Å². The fourth-order valence-electron chi connectivity index (χ4n) is 0. The molecule has 0 aliphatic carbocycles. The molecule has 1 radical (unpaired) electrons. The van der Waals surface area contributed by atoms with Gasteiger partial charge in [-0.05, 0) is 0 Å². The van der Waals surface area contributed by atoms with Crippen LogP contribution in [0.4, 0.5) is 0 Å². The van der Waals surface area contributed by atoms with Crippen molar-refractivity contribution in [3.63, 3.8) is 0 Å². The van der Waals surface area contributed by atoms with E-state index in [1.807, 2.05) is 0 Å². The minimum Gasteiger partial charge on any atom is 0 e. The molecule has 0 fully saturated rings. The quantitative estimate of drug-likeness (QED) is 0.538. The molecule has 0 amide bonds. The molecule has 0 aromatic heterocycles. The predicted octanol–water partition coefficient (Wildman–Crippen LogP) is -0.00750. The third kappa shape index (κ3) is 8.91. The molecule has 0 spiro atoms. The van der Waals surface area contributed by atoms with Gasteiger partial charge in [-0.25, -0.2) is 0 Å². The molecule has 0 aromatic rings. The van der Waals surface area contributed by atoms with Crippen LogP contribution in [0.2, 0.25) is 0 Å². The van der Waals surface area contributed by atoms with Gasteiger partial charge in [0.15, 0.2) is 0 Å². The molecule has 0 N–H and O–H groups in total. The van der Waals surface area contributed by atoms with Crippen molar-refractivity contribution in [3.8, 4) is 0 Å². The van der Waals surface area contributed by atoms with Crippen molar-refractivity contribution in [2.45, 2.75) is 0 Å². The summed E-state index contributed by atoms with van der Waals surface area (Å²) >= 11 is 0. The molecule has 0 unspecified atom stereocenters. The van der Waals surface area contributed by atoms with Gasteiger partial charge in [-0.3, -0.25) is 0 Å². The fraction of sp³-hybridized carbons (Fsp3) is 0. The normalized spacial score (nSPS) is 0. The van der Waals surface area contributed by atoms with E-state index in [4.69, 9.17) is 0 Å². The second-order valence-corrected chi connectivity index (χ2v) is 0. The molecule has 29 valence electrons. The summed E-state index contributed by atoms with van der Waals surface area (Å²) < 4.78 is 0. The Labute approximate surface area is 94.0 Å². The minimum absolute atomic E-state index is 0. The zero-order chi connectivity index (χ0) is 0. The standard InChI is InChI=1S/Ce.Co.Mo.Ni. The molecule has 0 atom stereocenters. The van der Waals surface area contributed by atoms with E-state index in [1.165, 1.54) is 0 Å². The van der Waals surface area contributed by atoms with Crippen molar-refractivity contribution in [2.24, 2.45) is 0 Å². The van der Waals surface area contributed by atoms with Gasteiger partial charge >= 0.3 is 0 Å². The second-order valence-electron chi connectivity index (χ2n) is 0. The Morgan fingerprint density at radius 3 is 1.00 bits per heavy atom. The first-order chi connectivity index (χ1) is 0. The molecule has 0 nitrogen and oxygen atoms in total. The summed E-state index contributed by atoms with van der Waals surface area (Å²) in [5.41, 5.74) is 0. The van der Waals surface area contributed by atoms with Crippen LogP contribution in [0.1, 0.15) is 0 Å². The third-order valence-electron chi connectivity index (χ3n) is 0. The first-order valence-corrected chi connectivity index (χ1v) is 0. The Morgan fingerprint density at radius 2 is 1.00 bits per heavy atom. The van der Waals surface area contributed by atoms with E-state index < -0.39 is 0 Å². The summed E-state index contributed by atoms with van der Waals surface area (Å²) in [6, 6.07) is 0. The van der Waals surface area contributed by atoms with Gasteiger partial charge in [0.2, 0.25) is 0 Å². The summed E-state index contributed by atoms with van der Waals surface area (Å²) in [7, 11) is 0. The van der Waals surface area contributed by atoms with E-state index in [-0.39, 0.29) is 96.1 Å². The molecule has 0 bridgehead atoms. The molecule has 0 saturated carbocycles. The maximum absolute atomic E-state index is 0. The van der Waals surface area contributed by atoms with Gasteiger partial charge in [-0.1, -0.05) is 0 Å². The van der Waals surface area contributed by atoms with E-state index in [9.17, 15) is 0 Å². The van der Waals surface area contributed by atoms with E-state index in [0.29, 0.717) is 0 Å². The Bertz CT molecular complexity index is 8.00. The Balaban J connectivity index is 0. The van der Waals surface area contributed by atoms with Crippen LogP contribution in [-0.4, -0.2) is 0 Å². The van der Waals surface area contributed by atoms with Gasteiger partial charge in [-0.15, -0.1) is 0 Å². The average Bonchev–Trinajstić information content (AvgIpc) is 0. The molecular weight excluding hydrogens is 354 g/mol. The summed E-state index contributed by atoms with van der Waals surface area (Å²) in [6.07, 6.45) is 0. The molecule has 4 heavy (non-hydrogen) atoms. The van der Waals surface area contributed by atoms with Crippen LogP contribution in [0.3, 0.4) is 0 Å². The topological polar surface area (TPSA) is 0 Å². The molecule has 0 rings (SSSR count). The van der Waals surface area contributed by atoms with Crippen molar-refractivity contribution in [1.82, 2.24) is 0 Å². The van der Waals surface area contributed by atoms with Crippen LogP contribution >= 0.6 is 0 Å². The smallest absolute Gasteiger partial charge is 0 e. The monoisotopic (exact) mass is 355 g/mol.